The summed E-state index contributed by atoms with van der Waals surface area (Å²) in [6.45, 7) is 4.51. The zero-order valence-electron chi connectivity index (χ0n) is 11.5. The van der Waals surface area contributed by atoms with E-state index in [9.17, 15) is 14.7 Å². The molecule has 2 rings (SSSR count). The van der Waals surface area contributed by atoms with Gasteiger partial charge in [-0.3, -0.25) is 14.3 Å². The highest BCUT2D eigenvalue weighted by atomic mass is 16.4. The van der Waals surface area contributed by atoms with Crippen molar-refractivity contribution in [3.63, 3.8) is 0 Å². The highest BCUT2D eigenvalue weighted by Crippen LogP contribution is 2.38. The molecule has 19 heavy (non-hydrogen) atoms. The van der Waals surface area contributed by atoms with Crippen molar-refractivity contribution in [1.29, 1.82) is 0 Å². The number of aromatic nitrogens is 2. The number of hydrogen-bond donors (Lipinski definition) is 1. The summed E-state index contributed by atoms with van der Waals surface area (Å²) in [6, 6.07) is 1.65. The maximum atomic E-state index is 12.3. The molecule has 0 bridgehead atoms. The molecule has 1 aliphatic heterocycles. The minimum absolute atomic E-state index is 0.00784. The van der Waals surface area contributed by atoms with E-state index in [1.54, 1.807) is 28.9 Å². The topological polar surface area (TPSA) is 75.4 Å². The molecule has 1 aromatic heterocycles. The molecule has 1 unspecified atom stereocenters. The number of amides is 1. The van der Waals surface area contributed by atoms with Crippen LogP contribution in [0.1, 0.15) is 30.8 Å². The fourth-order valence-corrected chi connectivity index (χ4v) is 2.59. The highest BCUT2D eigenvalue weighted by molar-refractivity contribution is 5.93. The molecule has 0 saturated carbocycles. The van der Waals surface area contributed by atoms with E-state index >= 15 is 0 Å². The van der Waals surface area contributed by atoms with Gasteiger partial charge in [-0.1, -0.05) is 13.8 Å². The Bertz CT molecular complexity index is 509. The maximum Gasteiger partial charge on any atom is 0.311 e. The number of rotatable bonds is 3. The maximum absolute atomic E-state index is 12.3. The van der Waals surface area contributed by atoms with Crippen LogP contribution in [-0.2, 0) is 11.8 Å². The lowest BCUT2D eigenvalue weighted by molar-refractivity contribution is -0.150. The van der Waals surface area contributed by atoms with Crippen LogP contribution in [0.2, 0.25) is 0 Å². The quantitative estimate of drug-likeness (QED) is 0.884. The van der Waals surface area contributed by atoms with Crippen molar-refractivity contribution < 1.29 is 14.7 Å². The number of carboxylic acids is 1. The molecule has 1 amide bonds. The Morgan fingerprint density at radius 1 is 1.47 bits per heavy atom. The van der Waals surface area contributed by atoms with E-state index in [0.29, 0.717) is 18.7 Å². The molecule has 0 radical (unpaired) electrons. The Labute approximate surface area is 112 Å². The molecule has 1 saturated heterocycles. The van der Waals surface area contributed by atoms with Crippen LogP contribution < -0.4 is 0 Å². The number of hydrogen-bond acceptors (Lipinski definition) is 3. The summed E-state index contributed by atoms with van der Waals surface area (Å²) in [5, 5.41) is 13.5. The van der Waals surface area contributed by atoms with Crippen LogP contribution in [0.15, 0.2) is 12.3 Å². The molecule has 6 nitrogen and oxygen atoms in total. The molecule has 1 fully saturated rings. The molecule has 0 aliphatic carbocycles. The zero-order chi connectivity index (χ0) is 14.2. The van der Waals surface area contributed by atoms with Crippen LogP contribution in [0.25, 0.3) is 0 Å². The van der Waals surface area contributed by atoms with Gasteiger partial charge in [0, 0.05) is 26.3 Å². The van der Waals surface area contributed by atoms with E-state index in [2.05, 4.69) is 5.10 Å². The lowest BCUT2D eigenvalue weighted by Crippen LogP contribution is -2.40. The van der Waals surface area contributed by atoms with Crippen LogP contribution in [0.5, 0.6) is 0 Å². The van der Waals surface area contributed by atoms with Crippen molar-refractivity contribution >= 4 is 11.9 Å². The fraction of sp³-hybridized carbons (Fsp3) is 0.615. The van der Waals surface area contributed by atoms with Crippen molar-refractivity contribution in [2.24, 2.45) is 18.4 Å². The molecule has 104 valence electrons. The highest BCUT2D eigenvalue weighted by Gasteiger charge is 2.48. The number of carbonyl (C=O) groups is 2. The average molecular weight is 265 g/mol. The summed E-state index contributed by atoms with van der Waals surface area (Å²) >= 11 is 0. The minimum atomic E-state index is -0.829. The van der Waals surface area contributed by atoms with Crippen molar-refractivity contribution in [3.8, 4) is 0 Å². The first-order valence-corrected chi connectivity index (χ1v) is 6.39. The molecular weight excluding hydrogens is 246 g/mol. The van der Waals surface area contributed by atoms with Gasteiger partial charge in [-0.2, -0.15) is 5.10 Å². The third kappa shape index (κ3) is 2.22. The minimum Gasteiger partial charge on any atom is -0.481 e. The molecule has 1 aromatic rings. The second-order valence-electron chi connectivity index (χ2n) is 5.47. The van der Waals surface area contributed by atoms with E-state index in [1.807, 2.05) is 13.8 Å². The SMILES string of the molecule is CC(C)C1(C(=O)O)CCN(C(=O)c2ccn(C)n2)C1. The number of carboxylic acid groups (broad SMARTS) is 1. The Morgan fingerprint density at radius 3 is 2.58 bits per heavy atom. The predicted molar refractivity (Wildman–Crippen MR) is 68.6 cm³/mol. The Morgan fingerprint density at radius 2 is 2.16 bits per heavy atom. The Kier molecular flexibility index (Phi) is 3.34. The first-order valence-electron chi connectivity index (χ1n) is 6.39. The van der Waals surface area contributed by atoms with Gasteiger partial charge >= 0.3 is 5.97 Å². The van der Waals surface area contributed by atoms with E-state index < -0.39 is 11.4 Å². The first-order chi connectivity index (χ1) is 8.86. The summed E-state index contributed by atoms with van der Waals surface area (Å²) in [6.07, 6.45) is 2.20. The average Bonchev–Trinajstić information content (AvgIpc) is 2.94. The smallest absolute Gasteiger partial charge is 0.311 e. The second-order valence-corrected chi connectivity index (χ2v) is 5.47. The van der Waals surface area contributed by atoms with Gasteiger partial charge in [0.15, 0.2) is 0 Å². The largest absolute Gasteiger partial charge is 0.481 e. The second kappa shape index (κ2) is 4.68. The van der Waals surface area contributed by atoms with Crippen LogP contribution in [0.4, 0.5) is 0 Å². The van der Waals surface area contributed by atoms with E-state index in [4.69, 9.17) is 0 Å². The van der Waals surface area contributed by atoms with Crippen molar-refractivity contribution in [2.75, 3.05) is 13.1 Å². The fourth-order valence-electron chi connectivity index (χ4n) is 2.59. The lowest BCUT2D eigenvalue weighted by Gasteiger charge is -2.28. The summed E-state index contributed by atoms with van der Waals surface area (Å²) in [4.78, 5) is 25.4. The van der Waals surface area contributed by atoms with Crippen LogP contribution >= 0.6 is 0 Å². The van der Waals surface area contributed by atoms with Gasteiger partial charge < -0.3 is 10.0 Å². The zero-order valence-corrected chi connectivity index (χ0v) is 11.5. The molecular formula is C13H19N3O3. The number of carbonyl (C=O) groups excluding carboxylic acids is 1. The molecule has 0 aromatic carbocycles. The monoisotopic (exact) mass is 265 g/mol. The third-order valence-electron chi connectivity index (χ3n) is 4.05. The van der Waals surface area contributed by atoms with Crippen molar-refractivity contribution in [1.82, 2.24) is 14.7 Å². The standard InChI is InChI=1S/C13H19N3O3/c1-9(2)13(12(18)19)5-7-16(8-13)11(17)10-4-6-15(3)14-10/h4,6,9H,5,7-8H2,1-3H3,(H,18,19). The molecule has 6 heteroatoms. The van der Waals surface area contributed by atoms with Gasteiger partial charge in [0.25, 0.3) is 5.91 Å². The molecule has 1 aliphatic rings. The van der Waals surface area contributed by atoms with Crippen molar-refractivity contribution in [2.45, 2.75) is 20.3 Å². The van der Waals surface area contributed by atoms with Gasteiger partial charge in [-0.15, -0.1) is 0 Å². The first kappa shape index (κ1) is 13.6. The number of nitrogens with zero attached hydrogens (tertiary/aromatic N) is 3. The Hall–Kier alpha value is -1.85. The molecule has 1 atom stereocenters. The van der Waals surface area contributed by atoms with Gasteiger partial charge in [0.1, 0.15) is 5.69 Å². The van der Waals surface area contributed by atoms with Crippen molar-refractivity contribution in [3.05, 3.63) is 18.0 Å². The lowest BCUT2D eigenvalue weighted by atomic mass is 9.76. The van der Waals surface area contributed by atoms with Crippen LogP contribution in [0.3, 0.4) is 0 Å². The molecule has 2 heterocycles. The summed E-state index contributed by atoms with van der Waals surface area (Å²) in [5.74, 6) is -1.02. The third-order valence-corrected chi connectivity index (χ3v) is 4.05. The van der Waals surface area contributed by atoms with Crippen LogP contribution in [-0.4, -0.2) is 44.8 Å². The normalized spacial score (nSPS) is 23.1. The molecule has 1 N–H and O–H groups in total. The number of aryl methyl sites for hydroxylation is 1. The summed E-state index contributed by atoms with van der Waals surface area (Å²) in [7, 11) is 1.75. The van der Waals surface area contributed by atoms with E-state index in [0.717, 1.165) is 0 Å². The van der Waals surface area contributed by atoms with E-state index in [-0.39, 0.29) is 18.4 Å². The van der Waals surface area contributed by atoms with Crippen LogP contribution in [0, 0.1) is 11.3 Å². The van der Waals surface area contributed by atoms with Gasteiger partial charge in [-0.05, 0) is 18.4 Å². The Balaban J connectivity index is 2.18. The van der Waals surface area contributed by atoms with Gasteiger partial charge in [-0.25, -0.2) is 0 Å². The molecule has 0 spiro atoms. The van der Waals surface area contributed by atoms with E-state index in [1.165, 1.54) is 0 Å². The van der Waals surface area contributed by atoms with Gasteiger partial charge in [0.2, 0.25) is 0 Å². The number of aliphatic carboxylic acids is 1. The summed E-state index contributed by atoms with van der Waals surface area (Å²) < 4.78 is 1.57. The number of likely N-dealkylation sites (tertiary alicyclic amines) is 1. The van der Waals surface area contributed by atoms with Gasteiger partial charge in [0.05, 0.1) is 5.41 Å². The summed E-state index contributed by atoms with van der Waals surface area (Å²) in [5.41, 5.74) is -0.461. The predicted octanol–water partition coefficient (Wildman–Crippen LogP) is 0.993.